The molecular weight excluding hydrogens is 132 g/mol. The molecule has 0 aliphatic heterocycles. The minimum Gasteiger partial charge on any atom is -0.0842 e. The van der Waals surface area contributed by atoms with Crippen LogP contribution in [0, 0.1) is 0 Å². The minimum atomic E-state index is 1.15. The molecule has 0 N–H and O–H groups in total. The van der Waals surface area contributed by atoms with Crippen LogP contribution < -0.4 is 0 Å². The van der Waals surface area contributed by atoms with E-state index in [1.165, 1.54) is 12.0 Å². The minimum absolute atomic E-state index is 1.15. The summed E-state index contributed by atoms with van der Waals surface area (Å²) in [5, 5.41) is 0. The first-order valence-corrected chi connectivity index (χ1v) is 4.05. The second kappa shape index (κ2) is 4.73. The van der Waals surface area contributed by atoms with Crippen molar-refractivity contribution in [2.75, 3.05) is 0 Å². The van der Waals surface area contributed by atoms with Crippen molar-refractivity contribution in [3.8, 4) is 0 Å². The molecule has 1 aliphatic rings. The first kappa shape index (κ1) is 8.06. The zero-order chi connectivity index (χ0) is 7.94. The molecule has 0 saturated heterocycles. The van der Waals surface area contributed by atoms with Crippen LogP contribution in [0.5, 0.6) is 0 Å². The summed E-state index contributed by atoms with van der Waals surface area (Å²) in [6, 6.07) is 0. The van der Waals surface area contributed by atoms with Crippen LogP contribution in [0.3, 0.4) is 0 Å². The lowest BCUT2D eigenvalue weighted by Crippen LogP contribution is -1.74. The highest BCUT2D eigenvalue weighted by atomic mass is 13.9. The molecule has 0 radical (unpaired) electrons. The van der Waals surface area contributed by atoms with Crippen molar-refractivity contribution in [3.05, 3.63) is 48.1 Å². The molecule has 0 nitrogen and oxygen atoms in total. The first-order chi connectivity index (χ1) is 5.39. The fourth-order valence-corrected chi connectivity index (χ4v) is 0.981. The molecule has 0 heteroatoms. The van der Waals surface area contributed by atoms with Crippen LogP contribution in [-0.4, -0.2) is 0 Å². The molecule has 0 bridgehead atoms. The molecule has 1 rings (SSSR count). The summed E-state index contributed by atoms with van der Waals surface area (Å²) in [5.41, 5.74) is 1.45. The van der Waals surface area contributed by atoms with Crippen LogP contribution in [0.1, 0.15) is 19.8 Å². The van der Waals surface area contributed by atoms with E-state index in [0.717, 1.165) is 6.42 Å². The lowest BCUT2D eigenvalue weighted by Gasteiger charge is -1.95. The molecule has 1 aliphatic carbocycles. The second-order valence-electron chi connectivity index (χ2n) is 2.75. The Hall–Kier alpha value is -1.04. The van der Waals surface area contributed by atoms with Gasteiger partial charge in [-0.2, -0.15) is 0 Å². The van der Waals surface area contributed by atoms with Gasteiger partial charge in [0.1, 0.15) is 0 Å². The molecule has 0 fully saturated rings. The monoisotopic (exact) mass is 146 g/mol. The lowest BCUT2D eigenvalue weighted by atomic mass is 10.1. The van der Waals surface area contributed by atoms with Gasteiger partial charge in [-0.15, -0.1) is 0 Å². The second-order valence-corrected chi connectivity index (χ2v) is 2.75. The molecule has 0 amide bonds. The summed E-state index contributed by atoms with van der Waals surface area (Å²) >= 11 is 0. The molecule has 58 valence electrons. The molecule has 0 spiro atoms. The van der Waals surface area contributed by atoms with Gasteiger partial charge in [-0.1, -0.05) is 48.1 Å². The van der Waals surface area contributed by atoms with E-state index in [2.05, 4.69) is 43.4 Å². The van der Waals surface area contributed by atoms with Crippen molar-refractivity contribution >= 4 is 0 Å². The topological polar surface area (TPSA) is 0 Å². The van der Waals surface area contributed by atoms with E-state index in [0.29, 0.717) is 0 Å². The maximum atomic E-state index is 2.20. The quantitative estimate of drug-likeness (QED) is 0.491. The fourth-order valence-electron chi connectivity index (χ4n) is 0.981. The third-order valence-corrected chi connectivity index (χ3v) is 1.67. The van der Waals surface area contributed by atoms with E-state index in [9.17, 15) is 0 Å². The van der Waals surface area contributed by atoms with Gasteiger partial charge in [-0.25, -0.2) is 0 Å². The van der Waals surface area contributed by atoms with Gasteiger partial charge in [-0.05, 0) is 19.8 Å². The number of rotatable bonds is 0. The van der Waals surface area contributed by atoms with Gasteiger partial charge in [0.25, 0.3) is 0 Å². The summed E-state index contributed by atoms with van der Waals surface area (Å²) in [6.45, 7) is 2.17. The van der Waals surface area contributed by atoms with Crippen molar-refractivity contribution in [2.24, 2.45) is 0 Å². The van der Waals surface area contributed by atoms with Gasteiger partial charge in [0.2, 0.25) is 0 Å². The van der Waals surface area contributed by atoms with Gasteiger partial charge in [-0.3, -0.25) is 0 Å². The van der Waals surface area contributed by atoms with Gasteiger partial charge < -0.3 is 0 Å². The summed E-state index contributed by atoms with van der Waals surface area (Å²) < 4.78 is 0. The SMILES string of the molecule is C\C1=C/C=C\C=C/C=C/CC1. The van der Waals surface area contributed by atoms with E-state index in [4.69, 9.17) is 0 Å². The highest BCUT2D eigenvalue weighted by Crippen LogP contribution is 2.05. The fraction of sp³-hybridized carbons (Fsp3) is 0.273. The summed E-state index contributed by atoms with van der Waals surface area (Å²) in [5.74, 6) is 0. The Morgan fingerprint density at radius 1 is 1.00 bits per heavy atom. The van der Waals surface area contributed by atoms with Crippen molar-refractivity contribution in [1.29, 1.82) is 0 Å². The van der Waals surface area contributed by atoms with Crippen LogP contribution in [0.15, 0.2) is 48.1 Å². The third kappa shape index (κ3) is 3.61. The number of allylic oxidation sites excluding steroid dienone is 8. The van der Waals surface area contributed by atoms with Gasteiger partial charge in [0.05, 0.1) is 0 Å². The van der Waals surface area contributed by atoms with Crippen LogP contribution in [0.4, 0.5) is 0 Å². The van der Waals surface area contributed by atoms with Crippen molar-refractivity contribution in [2.45, 2.75) is 19.8 Å². The molecule has 0 unspecified atom stereocenters. The molecular formula is C11H14. The van der Waals surface area contributed by atoms with E-state index >= 15 is 0 Å². The standard InChI is InChI=1S/C11H14/c1-11-9-7-5-3-2-4-6-8-10-11/h2-7,9H,8,10H2,1H3/b3-2-,6-4+,7-5-,11-9+. The molecule has 0 aromatic rings. The summed E-state index contributed by atoms with van der Waals surface area (Å²) in [6.07, 6.45) is 17.1. The Bertz CT molecular complexity index is 214. The Balaban J connectivity index is 2.64. The molecule has 0 heterocycles. The van der Waals surface area contributed by atoms with Crippen molar-refractivity contribution in [1.82, 2.24) is 0 Å². The number of hydrogen-bond donors (Lipinski definition) is 0. The Kier molecular flexibility index (Phi) is 3.46. The predicted molar refractivity (Wildman–Crippen MR) is 50.4 cm³/mol. The highest BCUT2D eigenvalue weighted by Gasteiger charge is 1.85. The van der Waals surface area contributed by atoms with E-state index < -0.39 is 0 Å². The molecule has 11 heavy (non-hydrogen) atoms. The maximum absolute atomic E-state index is 2.20. The smallest absolute Gasteiger partial charge is 0.0285 e. The molecule has 0 aromatic carbocycles. The molecule has 0 aromatic heterocycles. The number of hydrogen-bond acceptors (Lipinski definition) is 0. The zero-order valence-corrected chi connectivity index (χ0v) is 6.96. The van der Waals surface area contributed by atoms with Crippen molar-refractivity contribution < 1.29 is 0 Å². The predicted octanol–water partition coefficient (Wildman–Crippen LogP) is 3.40. The summed E-state index contributed by atoms with van der Waals surface area (Å²) in [7, 11) is 0. The van der Waals surface area contributed by atoms with Gasteiger partial charge in [0.15, 0.2) is 0 Å². The Morgan fingerprint density at radius 2 is 1.73 bits per heavy atom. The molecule has 0 atom stereocenters. The van der Waals surface area contributed by atoms with Crippen LogP contribution in [-0.2, 0) is 0 Å². The normalized spacial score (nSPS) is 31.5. The average molecular weight is 146 g/mol. The highest BCUT2D eigenvalue weighted by molar-refractivity contribution is 5.19. The Labute approximate surface area is 68.6 Å². The maximum Gasteiger partial charge on any atom is -0.0285 e. The van der Waals surface area contributed by atoms with Gasteiger partial charge >= 0.3 is 0 Å². The lowest BCUT2D eigenvalue weighted by molar-refractivity contribution is 0.978. The Morgan fingerprint density at radius 3 is 2.64 bits per heavy atom. The van der Waals surface area contributed by atoms with Crippen LogP contribution in [0.2, 0.25) is 0 Å². The third-order valence-electron chi connectivity index (χ3n) is 1.67. The van der Waals surface area contributed by atoms with Crippen molar-refractivity contribution in [3.63, 3.8) is 0 Å². The molecule has 0 saturated carbocycles. The zero-order valence-electron chi connectivity index (χ0n) is 6.96. The summed E-state index contributed by atoms with van der Waals surface area (Å²) in [4.78, 5) is 0. The van der Waals surface area contributed by atoms with E-state index in [1.54, 1.807) is 0 Å². The van der Waals surface area contributed by atoms with E-state index in [1.807, 2.05) is 6.08 Å². The first-order valence-electron chi connectivity index (χ1n) is 4.05. The van der Waals surface area contributed by atoms with Crippen LogP contribution in [0.25, 0.3) is 0 Å². The van der Waals surface area contributed by atoms with Gasteiger partial charge in [0, 0.05) is 0 Å². The average Bonchev–Trinajstić information content (AvgIpc) is 2.03. The largest absolute Gasteiger partial charge is 0.0842 e. The van der Waals surface area contributed by atoms with E-state index in [-0.39, 0.29) is 0 Å². The van der Waals surface area contributed by atoms with Crippen LogP contribution >= 0.6 is 0 Å².